The molecule has 4 heteroatoms. The summed E-state index contributed by atoms with van der Waals surface area (Å²) in [6.45, 7) is 2.37. The Hall–Kier alpha value is -1.16. The molecule has 0 bridgehead atoms. The molecule has 1 saturated carbocycles. The highest BCUT2D eigenvalue weighted by molar-refractivity contribution is 5.29. The van der Waals surface area contributed by atoms with E-state index in [1.165, 1.54) is 6.20 Å². The van der Waals surface area contributed by atoms with Gasteiger partial charge in [-0.3, -0.25) is 0 Å². The van der Waals surface area contributed by atoms with Gasteiger partial charge < -0.3 is 9.84 Å². The van der Waals surface area contributed by atoms with E-state index in [4.69, 9.17) is 9.84 Å². The molecule has 0 unspecified atom stereocenters. The van der Waals surface area contributed by atoms with E-state index in [1.54, 1.807) is 12.1 Å². The lowest BCUT2D eigenvalue weighted by Gasteiger charge is -2.38. The van der Waals surface area contributed by atoms with Crippen LogP contribution in [0.1, 0.15) is 25.3 Å². The van der Waals surface area contributed by atoms with Crippen LogP contribution in [0.2, 0.25) is 0 Å². The molecule has 0 aliphatic heterocycles. The van der Waals surface area contributed by atoms with E-state index < -0.39 is 11.8 Å². The lowest BCUT2D eigenvalue weighted by molar-refractivity contribution is -0.0608. The Morgan fingerprint density at radius 1 is 1.67 bits per heavy atom. The Morgan fingerprint density at radius 3 is 3.00 bits per heavy atom. The molecule has 3 nitrogen and oxygen atoms in total. The summed E-state index contributed by atoms with van der Waals surface area (Å²) >= 11 is 0. The lowest BCUT2D eigenvalue weighted by atomic mass is 9.75. The number of hydrogen-bond acceptors (Lipinski definition) is 3. The van der Waals surface area contributed by atoms with Crippen molar-refractivity contribution in [2.24, 2.45) is 0 Å². The zero-order valence-corrected chi connectivity index (χ0v) is 8.61. The SMILES string of the molecule is CCOc1cc(C2(F)CC(O)C2)ccn1. The number of halogens is 1. The monoisotopic (exact) mass is 211 g/mol. The molecule has 0 atom stereocenters. The van der Waals surface area contributed by atoms with Gasteiger partial charge in [-0.2, -0.15) is 0 Å². The summed E-state index contributed by atoms with van der Waals surface area (Å²) in [6, 6.07) is 3.24. The highest BCUT2D eigenvalue weighted by atomic mass is 19.1. The summed E-state index contributed by atoms with van der Waals surface area (Å²) in [5.74, 6) is 0.438. The first-order valence-corrected chi connectivity index (χ1v) is 5.10. The maximum absolute atomic E-state index is 14.1. The molecule has 1 aliphatic rings. The van der Waals surface area contributed by atoms with Gasteiger partial charge in [0.25, 0.3) is 0 Å². The number of aromatic nitrogens is 1. The van der Waals surface area contributed by atoms with Gasteiger partial charge in [-0.05, 0) is 18.6 Å². The molecule has 0 aromatic carbocycles. The largest absolute Gasteiger partial charge is 0.478 e. The fraction of sp³-hybridized carbons (Fsp3) is 0.545. The molecule has 0 spiro atoms. The highest BCUT2D eigenvalue weighted by Crippen LogP contribution is 2.45. The molecule has 15 heavy (non-hydrogen) atoms. The molecule has 1 N–H and O–H groups in total. The van der Waals surface area contributed by atoms with Gasteiger partial charge in [-0.15, -0.1) is 0 Å². The molecule has 0 saturated heterocycles. The zero-order valence-electron chi connectivity index (χ0n) is 8.61. The number of nitrogens with zero attached hydrogens (tertiary/aromatic N) is 1. The molecule has 0 radical (unpaired) electrons. The predicted octanol–water partition coefficient (Wildman–Crippen LogP) is 1.80. The van der Waals surface area contributed by atoms with Gasteiger partial charge in [0.05, 0.1) is 12.7 Å². The standard InChI is InChI=1S/C11H14FNO2/c1-2-15-10-5-8(3-4-13-10)11(12)6-9(14)7-11/h3-5,9,14H,2,6-7H2,1H3. The zero-order chi connectivity index (χ0) is 10.9. The van der Waals surface area contributed by atoms with Crippen LogP contribution in [-0.4, -0.2) is 22.8 Å². The molecule has 1 aromatic heterocycles. The Kier molecular flexibility index (Phi) is 2.61. The summed E-state index contributed by atoms with van der Waals surface area (Å²) < 4.78 is 19.3. The normalized spacial score (nSPS) is 29.7. The van der Waals surface area contributed by atoms with Crippen LogP contribution in [0, 0.1) is 0 Å². The van der Waals surface area contributed by atoms with Gasteiger partial charge in [-0.25, -0.2) is 9.37 Å². The maximum atomic E-state index is 14.1. The van der Waals surface area contributed by atoms with Crippen molar-refractivity contribution >= 4 is 0 Å². The summed E-state index contributed by atoms with van der Waals surface area (Å²) in [5.41, 5.74) is -0.847. The van der Waals surface area contributed by atoms with Crippen LogP contribution < -0.4 is 4.74 Å². The molecule has 0 amide bonds. The third-order valence-corrected chi connectivity index (χ3v) is 2.66. The third kappa shape index (κ3) is 1.95. The number of ether oxygens (including phenoxy) is 1. The number of rotatable bonds is 3. The number of aliphatic hydroxyl groups excluding tert-OH is 1. The minimum atomic E-state index is -1.39. The van der Waals surface area contributed by atoms with Crippen molar-refractivity contribution in [3.05, 3.63) is 23.9 Å². The van der Waals surface area contributed by atoms with Gasteiger partial charge in [-0.1, -0.05) is 0 Å². The minimum absolute atomic E-state index is 0.169. The van der Waals surface area contributed by atoms with Crippen molar-refractivity contribution in [2.75, 3.05) is 6.61 Å². The number of alkyl halides is 1. The van der Waals surface area contributed by atoms with Crippen LogP contribution in [0.15, 0.2) is 18.3 Å². The summed E-state index contributed by atoms with van der Waals surface area (Å²) in [4.78, 5) is 3.97. The third-order valence-electron chi connectivity index (χ3n) is 2.66. The van der Waals surface area contributed by atoms with E-state index in [2.05, 4.69) is 4.98 Å². The fourth-order valence-corrected chi connectivity index (χ4v) is 1.84. The van der Waals surface area contributed by atoms with Gasteiger partial charge in [0.2, 0.25) is 5.88 Å². The van der Waals surface area contributed by atoms with Crippen molar-refractivity contribution in [1.82, 2.24) is 4.98 Å². The van der Waals surface area contributed by atoms with Crippen LogP contribution in [0.3, 0.4) is 0 Å². The molecular weight excluding hydrogens is 197 g/mol. The van der Waals surface area contributed by atoms with Crippen molar-refractivity contribution in [1.29, 1.82) is 0 Å². The van der Waals surface area contributed by atoms with E-state index in [-0.39, 0.29) is 12.8 Å². The van der Waals surface area contributed by atoms with Crippen LogP contribution >= 0.6 is 0 Å². The van der Waals surface area contributed by atoms with Crippen molar-refractivity contribution in [3.8, 4) is 5.88 Å². The molecular formula is C11H14FNO2. The Labute approximate surface area is 87.9 Å². The van der Waals surface area contributed by atoms with E-state index in [9.17, 15) is 4.39 Å². The van der Waals surface area contributed by atoms with Gasteiger partial charge in [0.15, 0.2) is 0 Å². The second-order valence-electron chi connectivity index (χ2n) is 3.84. The Balaban J connectivity index is 2.18. The predicted molar refractivity (Wildman–Crippen MR) is 53.4 cm³/mol. The second-order valence-corrected chi connectivity index (χ2v) is 3.84. The summed E-state index contributed by atoms with van der Waals surface area (Å²) in [6.07, 6.45) is 1.36. The quantitative estimate of drug-likeness (QED) is 0.829. The van der Waals surface area contributed by atoms with E-state index >= 15 is 0 Å². The summed E-state index contributed by atoms with van der Waals surface area (Å²) in [7, 11) is 0. The maximum Gasteiger partial charge on any atom is 0.213 e. The van der Waals surface area contributed by atoms with Gasteiger partial charge in [0, 0.05) is 25.1 Å². The van der Waals surface area contributed by atoms with Crippen molar-refractivity contribution in [3.63, 3.8) is 0 Å². The van der Waals surface area contributed by atoms with Gasteiger partial charge >= 0.3 is 0 Å². The molecule has 2 rings (SSSR count). The van der Waals surface area contributed by atoms with Crippen molar-refractivity contribution < 1.29 is 14.2 Å². The van der Waals surface area contributed by atoms with Gasteiger partial charge in [0.1, 0.15) is 5.67 Å². The Morgan fingerprint density at radius 2 is 2.40 bits per heavy atom. The second kappa shape index (κ2) is 3.77. The molecule has 1 aromatic rings. The molecule has 1 aliphatic carbocycles. The van der Waals surface area contributed by atoms with Crippen LogP contribution in [0.4, 0.5) is 4.39 Å². The van der Waals surface area contributed by atoms with Crippen molar-refractivity contribution in [2.45, 2.75) is 31.5 Å². The van der Waals surface area contributed by atoms with E-state index in [0.717, 1.165) is 0 Å². The highest BCUT2D eigenvalue weighted by Gasteiger charge is 2.45. The average molecular weight is 211 g/mol. The number of pyridine rings is 1. The van der Waals surface area contributed by atoms with Crippen LogP contribution in [0.25, 0.3) is 0 Å². The topological polar surface area (TPSA) is 42.4 Å². The minimum Gasteiger partial charge on any atom is -0.478 e. The van der Waals surface area contributed by atoms with E-state index in [0.29, 0.717) is 18.1 Å². The first-order valence-electron chi connectivity index (χ1n) is 5.10. The smallest absolute Gasteiger partial charge is 0.213 e. The average Bonchev–Trinajstić information content (AvgIpc) is 2.17. The first-order chi connectivity index (χ1) is 7.14. The van der Waals surface area contributed by atoms with E-state index in [1.807, 2.05) is 6.92 Å². The molecule has 1 fully saturated rings. The lowest BCUT2D eigenvalue weighted by Crippen LogP contribution is -2.40. The van der Waals surface area contributed by atoms with Crippen LogP contribution in [-0.2, 0) is 5.67 Å². The summed E-state index contributed by atoms with van der Waals surface area (Å²) in [5, 5.41) is 9.13. The first kappa shape index (κ1) is 10.4. The fourth-order valence-electron chi connectivity index (χ4n) is 1.84. The Bertz CT molecular complexity index is 350. The molecule has 1 heterocycles. The number of hydrogen-bond donors (Lipinski definition) is 1. The van der Waals surface area contributed by atoms with Crippen LogP contribution in [0.5, 0.6) is 5.88 Å². The number of aliphatic hydroxyl groups is 1. The molecule has 82 valence electrons.